The van der Waals surface area contributed by atoms with Crippen molar-refractivity contribution < 1.29 is 9.47 Å². The summed E-state index contributed by atoms with van der Waals surface area (Å²) in [6, 6.07) is 11.8. The maximum Gasteiger partial charge on any atom is 0.179 e. The van der Waals surface area contributed by atoms with Crippen LogP contribution in [-0.2, 0) is 6.54 Å². The number of fused-ring (bicyclic) bond motifs is 1. The number of rotatable bonds is 6. The highest BCUT2D eigenvalue weighted by Gasteiger charge is 2.07. The molecule has 0 aliphatic rings. The maximum absolute atomic E-state index is 5.77. The van der Waals surface area contributed by atoms with Crippen molar-refractivity contribution in [1.29, 1.82) is 0 Å². The van der Waals surface area contributed by atoms with Crippen molar-refractivity contribution in [2.24, 2.45) is 5.73 Å². The predicted octanol–water partition coefficient (Wildman–Crippen LogP) is 2.56. The molecule has 114 valence electrons. The highest BCUT2D eigenvalue weighted by Crippen LogP contribution is 2.19. The second kappa shape index (κ2) is 6.49. The fourth-order valence-corrected chi connectivity index (χ4v) is 2.25. The molecule has 2 heterocycles. The molecule has 0 fully saturated rings. The van der Waals surface area contributed by atoms with Crippen LogP contribution in [0, 0.1) is 6.92 Å². The molecule has 22 heavy (non-hydrogen) atoms. The van der Waals surface area contributed by atoms with Gasteiger partial charge in [0.05, 0.1) is 11.9 Å². The smallest absolute Gasteiger partial charge is 0.179 e. The van der Waals surface area contributed by atoms with Gasteiger partial charge in [-0.1, -0.05) is 17.7 Å². The van der Waals surface area contributed by atoms with Crippen molar-refractivity contribution in [2.45, 2.75) is 13.5 Å². The Morgan fingerprint density at radius 3 is 2.64 bits per heavy atom. The molecular weight excluding hydrogens is 278 g/mol. The summed E-state index contributed by atoms with van der Waals surface area (Å²) in [5, 5.41) is 0. The third kappa shape index (κ3) is 3.04. The summed E-state index contributed by atoms with van der Waals surface area (Å²) in [7, 11) is 0. The van der Waals surface area contributed by atoms with Crippen molar-refractivity contribution in [2.75, 3.05) is 13.2 Å². The van der Waals surface area contributed by atoms with Crippen LogP contribution in [-0.4, -0.2) is 22.6 Å². The van der Waals surface area contributed by atoms with Crippen LogP contribution in [0.25, 0.3) is 5.65 Å². The lowest BCUT2D eigenvalue weighted by Crippen LogP contribution is -2.10. The molecule has 0 aliphatic heterocycles. The Hall–Kier alpha value is -2.53. The molecule has 0 unspecified atom stereocenters. The zero-order valence-corrected chi connectivity index (χ0v) is 12.5. The zero-order chi connectivity index (χ0) is 15.4. The van der Waals surface area contributed by atoms with Crippen LogP contribution in [0.5, 0.6) is 11.5 Å². The maximum atomic E-state index is 5.77. The molecule has 1 aromatic carbocycles. The number of imidazole rings is 1. The first kappa shape index (κ1) is 14.4. The van der Waals surface area contributed by atoms with E-state index in [1.165, 1.54) is 5.56 Å². The van der Waals surface area contributed by atoms with Gasteiger partial charge in [-0.15, -0.1) is 0 Å². The summed E-state index contributed by atoms with van der Waals surface area (Å²) < 4.78 is 13.4. The molecule has 2 aromatic heterocycles. The highest BCUT2D eigenvalue weighted by atomic mass is 16.5. The number of hydrogen-bond acceptors (Lipinski definition) is 4. The molecular formula is C17H19N3O2. The fraction of sp³-hybridized carbons (Fsp3) is 0.235. The second-order valence-corrected chi connectivity index (χ2v) is 5.03. The van der Waals surface area contributed by atoms with Gasteiger partial charge in [0.25, 0.3) is 0 Å². The van der Waals surface area contributed by atoms with Crippen LogP contribution in [0.1, 0.15) is 11.3 Å². The number of benzene rings is 1. The topological polar surface area (TPSA) is 61.8 Å². The van der Waals surface area contributed by atoms with Gasteiger partial charge in [0.1, 0.15) is 19.0 Å². The molecule has 3 rings (SSSR count). The lowest BCUT2D eigenvalue weighted by molar-refractivity contribution is 0.218. The van der Waals surface area contributed by atoms with E-state index in [1.807, 2.05) is 53.9 Å². The molecule has 3 aromatic rings. The van der Waals surface area contributed by atoms with E-state index in [4.69, 9.17) is 15.2 Å². The number of nitrogens with two attached hydrogens (primary N) is 1. The van der Waals surface area contributed by atoms with Crippen LogP contribution < -0.4 is 15.2 Å². The minimum absolute atomic E-state index is 0.446. The molecule has 5 heteroatoms. The molecule has 0 bridgehead atoms. The third-order valence-corrected chi connectivity index (χ3v) is 3.42. The minimum Gasteiger partial charge on any atom is -0.490 e. The average Bonchev–Trinajstić information content (AvgIpc) is 2.97. The Kier molecular flexibility index (Phi) is 4.25. The number of ether oxygens (including phenoxy) is 2. The molecule has 0 saturated carbocycles. The van der Waals surface area contributed by atoms with Gasteiger partial charge in [-0.05, 0) is 31.2 Å². The largest absolute Gasteiger partial charge is 0.490 e. The van der Waals surface area contributed by atoms with E-state index in [0.717, 1.165) is 22.8 Å². The van der Waals surface area contributed by atoms with E-state index in [-0.39, 0.29) is 0 Å². The third-order valence-electron chi connectivity index (χ3n) is 3.42. The zero-order valence-electron chi connectivity index (χ0n) is 12.5. The second-order valence-electron chi connectivity index (χ2n) is 5.03. The van der Waals surface area contributed by atoms with Crippen LogP contribution in [0.4, 0.5) is 0 Å². The van der Waals surface area contributed by atoms with E-state index in [2.05, 4.69) is 4.98 Å². The number of hydrogen-bond donors (Lipinski definition) is 1. The number of pyridine rings is 1. The highest BCUT2D eigenvalue weighted by molar-refractivity contribution is 5.54. The van der Waals surface area contributed by atoms with Gasteiger partial charge in [-0.3, -0.25) is 4.40 Å². The minimum atomic E-state index is 0.446. The van der Waals surface area contributed by atoms with E-state index in [9.17, 15) is 0 Å². The Morgan fingerprint density at radius 2 is 1.86 bits per heavy atom. The molecule has 0 amide bonds. The van der Waals surface area contributed by atoms with E-state index in [0.29, 0.717) is 19.8 Å². The van der Waals surface area contributed by atoms with Gasteiger partial charge in [-0.25, -0.2) is 4.98 Å². The Balaban J connectivity index is 1.60. The molecule has 0 radical (unpaired) electrons. The van der Waals surface area contributed by atoms with Gasteiger partial charge in [0.2, 0.25) is 0 Å². The molecule has 0 spiro atoms. The monoisotopic (exact) mass is 297 g/mol. The van der Waals surface area contributed by atoms with Gasteiger partial charge in [0, 0.05) is 12.7 Å². The Labute approximate surface area is 129 Å². The van der Waals surface area contributed by atoms with Crippen LogP contribution >= 0.6 is 0 Å². The van der Waals surface area contributed by atoms with Gasteiger partial charge >= 0.3 is 0 Å². The van der Waals surface area contributed by atoms with Crippen LogP contribution in [0.2, 0.25) is 0 Å². The van der Waals surface area contributed by atoms with E-state index >= 15 is 0 Å². The van der Waals surface area contributed by atoms with Gasteiger partial charge in [-0.2, -0.15) is 0 Å². The van der Waals surface area contributed by atoms with Crippen molar-refractivity contribution >= 4 is 5.65 Å². The normalized spacial score (nSPS) is 10.8. The summed E-state index contributed by atoms with van der Waals surface area (Å²) in [4.78, 5) is 4.35. The lowest BCUT2D eigenvalue weighted by Gasteiger charge is -2.09. The van der Waals surface area contributed by atoms with Crippen molar-refractivity contribution in [3.05, 3.63) is 60.0 Å². The quantitative estimate of drug-likeness (QED) is 0.710. The van der Waals surface area contributed by atoms with E-state index < -0.39 is 0 Å². The average molecular weight is 297 g/mol. The number of aromatic nitrogens is 2. The summed E-state index contributed by atoms with van der Waals surface area (Å²) in [5.41, 5.74) is 8.63. The summed E-state index contributed by atoms with van der Waals surface area (Å²) in [5.74, 6) is 1.58. The van der Waals surface area contributed by atoms with E-state index in [1.54, 1.807) is 6.20 Å². The summed E-state index contributed by atoms with van der Waals surface area (Å²) in [6.07, 6.45) is 3.70. The molecule has 0 aliphatic carbocycles. The SMILES string of the molecule is Cc1ccc(OCCOc2cccn3c(CN)cnc23)cc1. The van der Waals surface area contributed by atoms with Gasteiger partial charge < -0.3 is 15.2 Å². The van der Waals surface area contributed by atoms with Crippen molar-refractivity contribution in [1.82, 2.24) is 9.38 Å². The fourth-order valence-electron chi connectivity index (χ4n) is 2.25. The molecule has 5 nitrogen and oxygen atoms in total. The van der Waals surface area contributed by atoms with Crippen LogP contribution in [0.3, 0.4) is 0 Å². The number of aryl methyl sites for hydroxylation is 1. The first-order valence-corrected chi connectivity index (χ1v) is 7.25. The van der Waals surface area contributed by atoms with Crippen LogP contribution in [0.15, 0.2) is 48.8 Å². The molecule has 0 atom stereocenters. The molecule has 0 saturated heterocycles. The number of nitrogens with zero attached hydrogens (tertiary/aromatic N) is 2. The van der Waals surface area contributed by atoms with Crippen molar-refractivity contribution in [3.63, 3.8) is 0 Å². The van der Waals surface area contributed by atoms with Crippen molar-refractivity contribution in [3.8, 4) is 11.5 Å². The Bertz CT molecular complexity index is 750. The summed E-state index contributed by atoms with van der Waals surface area (Å²) in [6.45, 7) is 3.43. The first-order valence-electron chi connectivity index (χ1n) is 7.25. The molecule has 2 N–H and O–H groups in total. The predicted molar refractivity (Wildman–Crippen MR) is 85.3 cm³/mol. The Morgan fingerprint density at radius 1 is 1.09 bits per heavy atom. The van der Waals surface area contributed by atoms with Gasteiger partial charge in [0.15, 0.2) is 11.4 Å². The lowest BCUT2D eigenvalue weighted by atomic mass is 10.2. The summed E-state index contributed by atoms with van der Waals surface area (Å²) >= 11 is 0. The first-order chi connectivity index (χ1) is 10.8. The standard InChI is InChI=1S/C17H19N3O2/c1-13-4-6-15(7-5-13)21-9-10-22-16-3-2-8-20-14(11-18)12-19-17(16)20/h2-8,12H,9-11,18H2,1H3.